The molecule has 0 bridgehead atoms. The van der Waals surface area contributed by atoms with Crippen LogP contribution in [0.5, 0.6) is 11.6 Å². The zero-order valence-electron chi connectivity index (χ0n) is 26.5. The average Bonchev–Trinajstić information content (AvgIpc) is 3.94. The third kappa shape index (κ3) is 7.80. The zero-order chi connectivity index (χ0) is 30.7. The Labute approximate surface area is 260 Å². The molecule has 2 saturated carbocycles. The molecule has 3 fully saturated rings. The van der Waals surface area contributed by atoms with Gasteiger partial charge in [-0.3, -0.25) is 4.79 Å². The van der Waals surface area contributed by atoms with Crippen LogP contribution in [0, 0.1) is 11.8 Å². The minimum absolute atomic E-state index is 0.00882. The molecule has 10 nitrogen and oxygen atoms in total. The zero-order valence-corrected chi connectivity index (χ0v) is 27.5. The number of ether oxygens (including phenoxy) is 5. The fraction of sp³-hybridized carbons (Fsp3) is 0.606. The number of methoxy groups -OCH3 is 1. The van der Waals surface area contributed by atoms with E-state index in [1.54, 1.807) is 13.3 Å². The van der Waals surface area contributed by atoms with Crippen molar-refractivity contribution in [3.63, 3.8) is 0 Å². The standard InChI is InChI=1S/C33H46N4O6Si/c1-39-33-30(27(12-14-34-33)43-23-8-9-23)26-20-37(21-40-17-18-44(2,3)4)31-24(26)10-11-28(35-31)36-32(38)25-19-22(25)13-16-42-29-7-5-6-15-41-29/h10-12,14,20,22-23,25,29H,5-9,13,15-19,21H2,1-4H3,(H,35,36,38). The van der Waals surface area contributed by atoms with Gasteiger partial charge in [-0.25, -0.2) is 9.97 Å². The van der Waals surface area contributed by atoms with Gasteiger partial charge in [0.2, 0.25) is 11.8 Å². The second-order valence-electron chi connectivity index (χ2n) is 13.5. The van der Waals surface area contributed by atoms with Crippen LogP contribution in [0.4, 0.5) is 5.82 Å². The fourth-order valence-electron chi connectivity index (χ4n) is 5.67. The SMILES string of the molecule is COc1nccc(OC2CC2)c1-c1cn(COCC[Si](C)(C)C)c2nc(NC(=O)C3CC3CCOC3CCCCO3)ccc12. The van der Waals surface area contributed by atoms with Crippen LogP contribution in [0.25, 0.3) is 22.2 Å². The molecule has 1 saturated heterocycles. The number of anilines is 1. The molecule has 3 aromatic heterocycles. The van der Waals surface area contributed by atoms with Crippen LogP contribution < -0.4 is 14.8 Å². The van der Waals surface area contributed by atoms with E-state index in [1.807, 2.05) is 29.0 Å². The summed E-state index contributed by atoms with van der Waals surface area (Å²) in [6, 6.07) is 6.84. The molecule has 3 aromatic rings. The number of rotatable bonds is 15. The highest BCUT2D eigenvalue weighted by atomic mass is 28.3. The number of hydrogen-bond donors (Lipinski definition) is 1. The molecule has 1 aliphatic heterocycles. The number of fused-ring (bicyclic) bond motifs is 1. The quantitative estimate of drug-likeness (QED) is 0.152. The molecular formula is C33H46N4O6Si. The van der Waals surface area contributed by atoms with Gasteiger partial charge in [0.15, 0.2) is 6.29 Å². The highest BCUT2D eigenvalue weighted by Gasteiger charge is 2.42. The summed E-state index contributed by atoms with van der Waals surface area (Å²) in [4.78, 5) is 22.6. The Morgan fingerprint density at radius 2 is 2.00 bits per heavy atom. The van der Waals surface area contributed by atoms with E-state index in [0.717, 1.165) is 85.5 Å². The van der Waals surface area contributed by atoms with Crippen LogP contribution in [-0.4, -0.2) is 67.8 Å². The Kier molecular flexibility index (Phi) is 9.55. The third-order valence-electron chi connectivity index (χ3n) is 8.55. The predicted molar refractivity (Wildman–Crippen MR) is 172 cm³/mol. The van der Waals surface area contributed by atoms with Gasteiger partial charge in [0, 0.05) is 50.5 Å². The Morgan fingerprint density at radius 3 is 2.75 bits per heavy atom. The normalized spacial score (nSPS) is 21.8. The van der Waals surface area contributed by atoms with Crippen LogP contribution in [-0.2, 0) is 25.7 Å². The fourth-order valence-corrected chi connectivity index (χ4v) is 6.42. The summed E-state index contributed by atoms with van der Waals surface area (Å²) in [5.41, 5.74) is 2.43. The largest absolute Gasteiger partial charge is 0.490 e. The minimum Gasteiger partial charge on any atom is -0.490 e. The van der Waals surface area contributed by atoms with Crippen molar-refractivity contribution in [2.45, 2.75) is 89.8 Å². The number of hydrogen-bond acceptors (Lipinski definition) is 8. The summed E-state index contributed by atoms with van der Waals surface area (Å²) in [5, 5.41) is 3.98. The number of amides is 1. The molecule has 3 aliphatic rings. The van der Waals surface area contributed by atoms with E-state index >= 15 is 0 Å². The number of pyridine rings is 2. The molecule has 0 spiro atoms. The highest BCUT2D eigenvalue weighted by Crippen LogP contribution is 2.44. The monoisotopic (exact) mass is 622 g/mol. The number of nitrogens with one attached hydrogen (secondary N) is 1. The van der Waals surface area contributed by atoms with E-state index in [2.05, 4.69) is 29.9 Å². The lowest BCUT2D eigenvalue weighted by atomic mass is 10.1. The summed E-state index contributed by atoms with van der Waals surface area (Å²) in [6.07, 6.45) is 10.9. The van der Waals surface area contributed by atoms with Crippen LogP contribution in [0.1, 0.15) is 44.9 Å². The predicted octanol–water partition coefficient (Wildman–Crippen LogP) is 6.47. The number of aromatic nitrogens is 3. The number of nitrogens with zero attached hydrogens (tertiary/aromatic N) is 3. The third-order valence-corrected chi connectivity index (χ3v) is 10.3. The Hall–Kier alpha value is -2.99. The lowest BCUT2D eigenvalue weighted by molar-refractivity contribution is -0.163. The molecule has 0 aromatic carbocycles. The molecule has 6 rings (SSSR count). The summed E-state index contributed by atoms with van der Waals surface area (Å²) < 4.78 is 31.7. The van der Waals surface area contributed by atoms with Gasteiger partial charge in [0.1, 0.15) is 23.9 Å². The second kappa shape index (κ2) is 13.6. The van der Waals surface area contributed by atoms with Crippen molar-refractivity contribution in [1.82, 2.24) is 14.5 Å². The summed E-state index contributed by atoms with van der Waals surface area (Å²) >= 11 is 0. The van der Waals surface area contributed by atoms with E-state index < -0.39 is 8.07 Å². The van der Waals surface area contributed by atoms with Crippen LogP contribution in [0.2, 0.25) is 25.7 Å². The first-order valence-corrected chi connectivity index (χ1v) is 19.8. The topological polar surface area (TPSA) is 106 Å². The molecule has 0 radical (unpaired) electrons. The smallest absolute Gasteiger partial charge is 0.228 e. The lowest BCUT2D eigenvalue weighted by Gasteiger charge is -2.22. The number of carbonyl (C=O) groups excluding carboxylic acids is 1. The molecular weight excluding hydrogens is 576 g/mol. The first-order chi connectivity index (χ1) is 21.3. The first-order valence-electron chi connectivity index (χ1n) is 16.1. The molecule has 11 heteroatoms. The van der Waals surface area contributed by atoms with E-state index in [-0.39, 0.29) is 24.2 Å². The van der Waals surface area contributed by atoms with Crippen molar-refractivity contribution in [1.29, 1.82) is 0 Å². The van der Waals surface area contributed by atoms with Gasteiger partial charge in [-0.1, -0.05) is 19.6 Å². The van der Waals surface area contributed by atoms with Crippen LogP contribution in [0.15, 0.2) is 30.6 Å². The maximum absolute atomic E-state index is 13.2. The van der Waals surface area contributed by atoms with Crippen LogP contribution >= 0.6 is 0 Å². The Morgan fingerprint density at radius 1 is 1.14 bits per heavy atom. The van der Waals surface area contributed by atoms with Gasteiger partial charge in [-0.05, 0) is 75.1 Å². The minimum atomic E-state index is -1.23. The van der Waals surface area contributed by atoms with Crippen molar-refractivity contribution in [2.24, 2.45) is 11.8 Å². The summed E-state index contributed by atoms with van der Waals surface area (Å²) in [6.45, 7) is 9.46. The molecule has 3 atom stereocenters. The average molecular weight is 623 g/mol. The summed E-state index contributed by atoms with van der Waals surface area (Å²) in [5.74, 6) is 2.10. The molecule has 44 heavy (non-hydrogen) atoms. The van der Waals surface area contributed by atoms with Crippen molar-refractivity contribution < 1.29 is 28.5 Å². The van der Waals surface area contributed by atoms with E-state index in [1.165, 1.54) is 0 Å². The highest BCUT2D eigenvalue weighted by molar-refractivity contribution is 6.76. The molecule has 4 heterocycles. The van der Waals surface area contributed by atoms with Gasteiger partial charge in [-0.15, -0.1) is 0 Å². The van der Waals surface area contributed by atoms with E-state index in [4.69, 9.17) is 28.7 Å². The van der Waals surface area contributed by atoms with Gasteiger partial charge >= 0.3 is 0 Å². The summed E-state index contributed by atoms with van der Waals surface area (Å²) in [7, 11) is 0.389. The van der Waals surface area contributed by atoms with Gasteiger partial charge in [-0.2, -0.15) is 0 Å². The van der Waals surface area contributed by atoms with Crippen molar-refractivity contribution >= 4 is 30.8 Å². The second-order valence-corrected chi connectivity index (χ2v) is 19.1. The maximum Gasteiger partial charge on any atom is 0.228 e. The molecule has 1 amide bonds. The van der Waals surface area contributed by atoms with Gasteiger partial charge in [0.25, 0.3) is 0 Å². The number of carbonyl (C=O) groups is 1. The Bertz CT molecular complexity index is 1450. The molecule has 1 N–H and O–H groups in total. The van der Waals surface area contributed by atoms with Crippen LogP contribution in [0.3, 0.4) is 0 Å². The van der Waals surface area contributed by atoms with Gasteiger partial charge in [0.05, 0.1) is 25.4 Å². The van der Waals surface area contributed by atoms with Crippen molar-refractivity contribution in [2.75, 3.05) is 32.2 Å². The maximum atomic E-state index is 13.2. The van der Waals surface area contributed by atoms with E-state index in [9.17, 15) is 4.79 Å². The Balaban J connectivity index is 1.19. The molecule has 238 valence electrons. The molecule has 3 unspecified atom stereocenters. The van der Waals surface area contributed by atoms with Crippen molar-refractivity contribution in [3.05, 3.63) is 30.6 Å². The first kappa shape index (κ1) is 31.0. The van der Waals surface area contributed by atoms with Gasteiger partial charge < -0.3 is 33.6 Å². The molecule has 2 aliphatic carbocycles. The van der Waals surface area contributed by atoms with Crippen molar-refractivity contribution in [3.8, 4) is 22.8 Å². The van der Waals surface area contributed by atoms with E-state index in [0.29, 0.717) is 37.6 Å². The lowest BCUT2D eigenvalue weighted by Crippen LogP contribution is -2.23.